The molecule has 1 aromatic heterocycles. The lowest BCUT2D eigenvalue weighted by molar-refractivity contribution is -0.150. The van der Waals surface area contributed by atoms with Crippen molar-refractivity contribution in [1.29, 1.82) is 0 Å². The van der Waals surface area contributed by atoms with E-state index in [1.807, 2.05) is 32.7 Å². The minimum absolute atomic E-state index is 0.0221. The predicted molar refractivity (Wildman–Crippen MR) is 229 cm³/mol. The number of thiazole rings is 1. The van der Waals surface area contributed by atoms with Crippen LogP contribution in [0.25, 0.3) is 0 Å². The summed E-state index contributed by atoms with van der Waals surface area (Å²) in [6.45, 7) is 16.0. The molecule has 5 N–H and O–H groups in total. The van der Waals surface area contributed by atoms with Gasteiger partial charge in [-0.2, -0.15) is 0 Å². The Kier molecular flexibility index (Phi) is 19.2. The highest BCUT2D eigenvalue weighted by atomic mass is 32.1. The summed E-state index contributed by atoms with van der Waals surface area (Å²) in [5.41, 5.74) is 5.00. The number of nitrogens with zero attached hydrogens (tertiary/aromatic N) is 3. The molecule has 330 valence electrons. The number of nitrogens with one attached hydrogen (secondary N) is 2. The maximum Gasteiger partial charge on any atom is 0.309 e. The van der Waals surface area contributed by atoms with E-state index in [1.54, 1.807) is 25.3 Å². The average Bonchev–Trinajstić information content (AvgIpc) is 3.66. The number of hydrogen-bond acceptors (Lipinski definition) is 10. The molecule has 2 heterocycles. The Bertz CT molecular complexity index is 1720. The summed E-state index contributed by atoms with van der Waals surface area (Å²) in [5.74, 6) is -2.76. The van der Waals surface area contributed by atoms with Gasteiger partial charge in [0.15, 0.2) is 6.10 Å². The molecule has 0 spiro atoms. The van der Waals surface area contributed by atoms with Crippen LogP contribution in [0.4, 0.5) is 10.1 Å². The summed E-state index contributed by atoms with van der Waals surface area (Å²) in [6.07, 6.45) is 6.14. The van der Waals surface area contributed by atoms with E-state index in [0.29, 0.717) is 35.9 Å². The van der Waals surface area contributed by atoms with Crippen molar-refractivity contribution in [3.8, 4) is 0 Å². The quantitative estimate of drug-likeness (QED) is 0.0509. The smallest absolute Gasteiger partial charge is 0.309 e. The number of ether oxygens (including phenoxy) is 1. The molecule has 1 aromatic carbocycles. The highest BCUT2D eigenvalue weighted by molar-refractivity contribution is 7.09. The molecule has 3 amide bonds. The van der Waals surface area contributed by atoms with Gasteiger partial charge < -0.3 is 31.1 Å². The normalized spacial score (nSPS) is 18.1. The van der Waals surface area contributed by atoms with Gasteiger partial charge in [-0.15, -0.1) is 11.3 Å². The van der Waals surface area contributed by atoms with E-state index in [9.17, 15) is 33.5 Å². The summed E-state index contributed by atoms with van der Waals surface area (Å²) in [5, 5.41) is 17.8. The minimum atomic E-state index is -1.21. The number of likely N-dealkylation sites (tertiary alicyclic amines) is 1. The Balaban J connectivity index is 1.93. The van der Waals surface area contributed by atoms with Gasteiger partial charge in [0.2, 0.25) is 11.8 Å². The number of aliphatic carboxylic acids is 1. The van der Waals surface area contributed by atoms with Crippen LogP contribution in [0, 0.1) is 23.1 Å². The molecular weight excluding hydrogens is 776 g/mol. The molecule has 1 saturated heterocycles. The van der Waals surface area contributed by atoms with Gasteiger partial charge in [-0.3, -0.25) is 28.9 Å². The van der Waals surface area contributed by atoms with Crippen molar-refractivity contribution in [3.05, 3.63) is 45.7 Å². The lowest BCUT2D eigenvalue weighted by Gasteiger charge is -2.39. The van der Waals surface area contributed by atoms with Gasteiger partial charge in [-0.05, 0) is 95.5 Å². The third kappa shape index (κ3) is 14.8. The number of esters is 1. The van der Waals surface area contributed by atoms with Crippen molar-refractivity contribution in [2.75, 3.05) is 25.9 Å². The third-order valence-corrected chi connectivity index (χ3v) is 12.3. The van der Waals surface area contributed by atoms with Crippen LogP contribution in [0.3, 0.4) is 0 Å². The lowest BCUT2D eigenvalue weighted by atomic mass is 9.84. The van der Waals surface area contributed by atoms with Gasteiger partial charge >= 0.3 is 11.9 Å². The van der Waals surface area contributed by atoms with Gasteiger partial charge in [-0.1, -0.05) is 66.4 Å². The van der Waals surface area contributed by atoms with Crippen LogP contribution in [0.15, 0.2) is 23.6 Å². The molecule has 2 aromatic rings. The zero-order valence-electron chi connectivity index (χ0n) is 36.6. The van der Waals surface area contributed by atoms with E-state index >= 15 is 0 Å². The number of aromatic nitrogens is 1. The molecular formula is C44H69FN6O7S. The molecule has 0 unspecified atom stereocenters. The van der Waals surface area contributed by atoms with E-state index < -0.39 is 53.3 Å². The molecule has 0 aliphatic carbocycles. The summed E-state index contributed by atoms with van der Waals surface area (Å²) in [4.78, 5) is 75.4. The zero-order chi connectivity index (χ0) is 44.0. The molecule has 0 bridgehead atoms. The molecule has 13 nitrogen and oxygen atoms in total. The Hall–Kier alpha value is -4.11. The predicted octanol–water partition coefficient (Wildman–Crippen LogP) is 7.15. The highest BCUT2D eigenvalue weighted by Gasteiger charge is 2.38. The number of unbranched alkanes of at least 4 members (excludes halogenated alkanes) is 3. The van der Waals surface area contributed by atoms with Crippen molar-refractivity contribution in [1.82, 2.24) is 25.4 Å². The first-order valence-corrected chi connectivity index (χ1v) is 22.2. The molecule has 0 saturated carbocycles. The van der Waals surface area contributed by atoms with E-state index in [4.69, 9.17) is 10.5 Å². The second-order valence-corrected chi connectivity index (χ2v) is 18.3. The molecule has 15 heteroatoms. The number of nitrogens with two attached hydrogens (primary N) is 1. The average molecular weight is 845 g/mol. The number of hydrogen-bond donors (Lipinski definition) is 4. The maximum atomic E-state index is 14.7. The van der Waals surface area contributed by atoms with E-state index in [0.717, 1.165) is 56.4 Å². The van der Waals surface area contributed by atoms with Gasteiger partial charge in [0.05, 0.1) is 17.1 Å². The molecule has 0 radical (unpaired) electrons. The first-order valence-electron chi connectivity index (χ1n) is 21.3. The molecule has 1 aliphatic heterocycles. The number of carboxylic acids is 1. The number of amides is 3. The van der Waals surface area contributed by atoms with E-state index in [-0.39, 0.29) is 54.4 Å². The van der Waals surface area contributed by atoms with Crippen LogP contribution in [-0.4, -0.2) is 93.9 Å². The molecule has 1 aliphatic rings. The van der Waals surface area contributed by atoms with E-state index in [2.05, 4.69) is 34.4 Å². The Labute approximate surface area is 354 Å². The fourth-order valence-corrected chi connectivity index (χ4v) is 8.60. The summed E-state index contributed by atoms with van der Waals surface area (Å²) in [7, 11) is 1.95. The topological polar surface area (TPSA) is 184 Å². The van der Waals surface area contributed by atoms with E-state index in [1.165, 1.54) is 19.1 Å². The number of likely N-dealkylation sites (N-methyl/N-ethyl adjacent to an activating group) is 1. The van der Waals surface area contributed by atoms with Crippen LogP contribution in [0.1, 0.15) is 147 Å². The van der Waals surface area contributed by atoms with Crippen LogP contribution >= 0.6 is 11.3 Å². The number of carbonyl (C=O) groups is 5. The fourth-order valence-electron chi connectivity index (χ4n) is 7.77. The van der Waals surface area contributed by atoms with Crippen molar-refractivity contribution in [2.24, 2.45) is 17.3 Å². The van der Waals surface area contributed by atoms with Crippen molar-refractivity contribution in [3.63, 3.8) is 0 Å². The second kappa shape index (κ2) is 23.0. The van der Waals surface area contributed by atoms with Crippen LogP contribution in [0.2, 0.25) is 0 Å². The van der Waals surface area contributed by atoms with Crippen molar-refractivity contribution in [2.45, 2.75) is 156 Å². The minimum Gasteiger partial charge on any atom is -0.481 e. The summed E-state index contributed by atoms with van der Waals surface area (Å²) < 4.78 is 20.2. The van der Waals surface area contributed by atoms with Crippen molar-refractivity contribution < 1.29 is 38.2 Å². The third-order valence-electron chi connectivity index (χ3n) is 11.3. The number of piperidine rings is 1. The lowest BCUT2D eigenvalue weighted by Crippen LogP contribution is -2.57. The number of anilines is 1. The molecule has 6 atom stereocenters. The standard InChI is InChI=1S/C44H69FN6O7S/c1-10-12-13-14-19-51(42(55)34(15-11-2)48-40(54)37-21-28(5)18-20-50(37)9)36(27(3)4)24-38(58-29(6)52)41-49-35(26-59-41)39(53)47-31(25-44(7,8)43(56)57)22-30-16-17-33(46)32(45)23-30/h16-17,23,26-28,31,34,36-38H,10-15,18-22,24-25,46H2,1-9H3,(H,47,53)(H,48,54)(H,56,57)/t28-,31+,34+,36-,37-,38-/m1/s1. The number of rotatable bonds is 23. The second-order valence-electron chi connectivity index (χ2n) is 17.4. The van der Waals surface area contributed by atoms with Crippen LogP contribution in [0.5, 0.6) is 0 Å². The zero-order valence-corrected chi connectivity index (χ0v) is 37.5. The van der Waals surface area contributed by atoms with Crippen LogP contribution in [-0.2, 0) is 30.3 Å². The molecule has 1 fully saturated rings. The summed E-state index contributed by atoms with van der Waals surface area (Å²) in [6, 6.07) is 2.17. The monoisotopic (exact) mass is 844 g/mol. The number of carboxylic acid groups (broad SMARTS) is 1. The Morgan fingerprint density at radius 3 is 2.44 bits per heavy atom. The first kappa shape index (κ1) is 49.3. The largest absolute Gasteiger partial charge is 0.481 e. The fraction of sp³-hybridized carbons (Fsp3) is 0.682. The number of nitrogen functional groups attached to an aromatic ring is 1. The van der Waals surface area contributed by atoms with Gasteiger partial charge in [0.25, 0.3) is 5.91 Å². The Morgan fingerprint density at radius 2 is 1.83 bits per heavy atom. The molecule has 59 heavy (non-hydrogen) atoms. The van der Waals surface area contributed by atoms with Gasteiger partial charge in [-0.25, -0.2) is 9.37 Å². The van der Waals surface area contributed by atoms with Crippen LogP contribution < -0.4 is 16.4 Å². The molecule has 3 rings (SSSR count). The van der Waals surface area contributed by atoms with Gasteiger partial charge in [0.1, 0.15) is 22.6 Å². The SMILES string of the molecule is CCCCCCN(C(=O)[C@H](CCC)NC(=O)[C@H]1C[C@H](C)CCN1C)[C@H](C[C@@H](OC(C)=O)c1nc(C(=O)N[C@@H](Cc2ccc(N)c(F)c2)CC(C)(C)C(=O)O)cs1)C(C)C. The highest BCUT2D eigenvalue weighted by Crippen LogP contribution is 2.32. The number of benzene rings is 1. The number of carbonyl (C=O) groups excluding carboxylic acids is 4. The number of halogens is 1. The Morgan fingerprint density at radius 1 is 1.12 bits per heavy atom. The maximum absolute atomic E-state index is 14.7. The van der Waals surface area contributed by atoms with Gasteiger partial charge in [0, 0.05) is 37.4 Å². The summed E-state index contributed by atoms with van der Waals surface area (Å²) >= 11 is 1.15. The van der Waals surface area contributed by atoms with Crippen molar-refractivity contribution >= 4 is 46.7 Å². The first-order chi connectivity index (χ1) is 27.8.